The molecule has 250 valence electrons. The molecule has 8 aromatic carbocycles. The van der Waals surface area contributed by atoms with Crippen LogP contribution in [0.2, 0.25) is 0 Å². The molecule has 0 radical (unpaired) electrons. The van der Waals surface area contributed by atoms with Crippen molar-refractivity contribution in [2.24, 2.45) is 0 Å². The Balaban J connectivity index is 1.28. The van der Waals surface area contributed by atoms with E-state index in [-0.39, 0.29) is 0 Å². The zero-order chi connectivity index (χ0) is 35.6. The number of fused-ring (bicyclic) bond motifs is 9. The minimum Gasteiger partial charge on any atom is -0.256 e. The van der Waals surface area contributed by atoms with Crippen LogP contribution >= 0.6 is 0 Å². The summed E-state index contributed by atoms with van der Waals surface area (Å²) in [7, 11) is 0. The second-order valence-electron chi connectivity index (χ2n) is 13.6. The van der Waals surface area contributed by atoms with Crippen molar-refractivity contribution in [3.05, 3.63) is 176 Å². The van der Waals surface area contributed by atoms with E-state index in [2.05, 4.69) is 109 Å². The van der Waals surface area contributed by atoms with Crippen molar-refractivity contribution < 1.29 is 0 Å². The highest BCUT2D eigenvalue weighted by Gasteiger charge is 2.23. The Bertz CT molecular complexity index is 3150. The molecule has 0 amide bonds. The molecule has 0 N–H and O–H groups in total. The molecule has 0 saturated heterocycles. The van der Waals surface area contributed by atoms with Crippen LogP contribution in [0.3, 0.4) is 0 Å². The van der Waals surface area contributed by atoms with Crippen LogP contribution in [0.1, 0.15) is 0 Å². The highest BCUT2D eigenvalue weighted by Crippen LogP contribution is 2.46. The lowest BCUT2D eigenvalue weighted by molar-refractivity contribution is 1.08. The first-order valence-corrected chi connectivity index (χ1v) is 18.1. The Morgan fingerprint density at radius 2 is 0.796 bits per heavy atom. The van der Waals surface area contributed by atoms with Gasteiger partial charge in [0.15, 0.2) is 17.5 Å². The molecule has 5 heteroatoms. The van der Waals surface area contributed by atoms with Crippen molar-refractivity contribution in [3.8, 4) is 45.4 Å². The Labute approximate surface area is 310 Å². The van der Waals surface area contributed by atoms with Gasteiger partial charge in [-0.05, 0) is 45.1 Å². The molecule has 0 aliphatic carbocycles. The van der Waals surface area contributed by atoms with Crippen LogP contribution in [-0.2, 0) is 0 Å². The Morgan fingerprint density at radius 1 is 0.296 bits per heavy atom. The van der Waals surface area contributed by atoms with Gasteiger partial charge in [-0.1, -0.05) is 152 Å². The maximum Gasteiger partial charge on any atom is 0.165 e. The maximum atomic E-state index is 5.51. The van der Waals surface area contributed by atoms with Gasteiger partial charge in [0.2, 0.25) is 0 Å². The second-order valence-corrected chi connectivity index (χ2v) is 13.6. The summed E-state index contributed by atoms with van der Waals surface area (Å²) in [4.78, 5) is 25.9. The SMILES string of the molecule is c1ccc(-c2nc(-c3ccccc3)nc(-c3c4ccccc4c(-c4nc5ccccc5c5c4ccc4ncc6ccccc6c45)c4ccccc34)n2)cc1. The largest absolute Gasteiger partial charge is 0.256 e. The smallest absolute Gasteiger partial charge is 0.165 e. The van der Waals surface area contributed by atoms with Crippen molar-refractivity contribution in [1.29, 1.82) is 0 Å². The predicted molar refractivity (Wildman–Crippen MR) is 222 cm³/mol. The fourth-order valence-corrected chi connectivity index (χ4v) is 8.12. The Morgan fingerprint density at radius 3 is 1.43 bits per heavy atom. The van der Waals surface area contributed by atoms with E-state index in [1.165, 1.54) is 5.39 Å². The molecule has 0 atom stereocenters. The molecule has 11 aromatic rings. The maximum absolute atomic E-state index is 5.51. The van der Waals surface area contributed by atoms with E-state index < -0.39 is 0 Å². The summed E-state index contributed by atoms with van der Waals surface area (Å²) in [6, 6.07) is 58.8. The minimum absolute atomic E-state index is 0.626. The third-order valence-corrected chi connectivity index (χ3v) is 10.5. The summed E-state index contributed by atoms with van der Waals surface area (Å²) < 4.78 is 0. The van der Waals surface area contributed by atoms with Crippen LogP contribution in [-0.4, -0.2) is 24.9 Å². The molecule has 0 aliphatic heterocycles. The molecular weight excluding hydrogens is 659 g/mol. The third-order valence-electron chi connectivity index (χ3n) is 10.5. The summed E-state index contributed by atoms with van der Waals surface area (Å²) in [6.07, 6.45) is 1.97. The number of hydrogen-bond acceptors (Lipinski definition) is 5. The lowest BCUT2D eigenvalue weighted by Crippen LogP contribution is -2.02. The molecule has 3 aromatic heterocycles. The highest BCUT2D eigenvalue weighted by atomic mass is 15.0. The molecule has 0 saturated carbocycles. The van der Waals surface area contributed by atoms with E-state index in [9.17, 15) is 0 Å². The van der Waals surface area contributed by atoms with Crippen molar-refractivity contribution >= 4 is 64.9 Å². The van der Waals surface area contributed by atoms with Gasteiger partial charge in [-0.2, -0.15) is 0 Å². The molecule has 0 aliphatic rings. The molecule has 0 unspecified atom stereocenters. The van der Waals surface area contributed by atoms with Crippen molar-refractivity contribution in [2.75, 3.05) is 0 Å². The van der Waals surface area contributed by atoms with E-state index in [0.29, 0.717) is 17.5 Å². The first-order chi connectivity index (χ1) is 26.8. The van der Waals surface area contributed by atoms with Gasteiger partial charge in [-0.15, -0.1) is 0 Å². The normalized spacial score (nSPS) is 11.7. The van der Waals surface area contributed by atoms with Crippen LogP contribution < -0.4 is 0 Å². The van der Waals surface area contributed by atoms with Gasteiger partial charge in [0.25, 0.3) is 0 Å². The van der Waals surface area contributed by atoms with Gasteiger partial charge in [0, 0.05) is 55.4 Å². The van der Waals surface area contributed by atoms with Crippen LogP contribution in [0.4, 0.5) is 0 Å². The van der Waals surface area contributed by atoms with E-state index in [4.69, 9.17) is 24.9 Å². The van der Waals surface area contributed by atoms with Crippen LogP contribution in [0.25, 0.3) is 110 Å². The number of nitrogens with zero attached hydrogens (tertiary/aromatic N) is 5. The highest BCUT2D eigenvalue weighted by molar-refractivity contribution is 6.30. The quantitative estimate of drug-likeness (QED) is 0.136. The van der Waals surface area contributed by atoms with Gasteiger partial charge in [-0.25, -0.2) is 19.9 Å². The van der Waals surface area contributed by atoms with E-state index in [1.807, 2.05) is 66.9 Å². The molecule has 0 spiro atoms. The molecule has 0 bridgehead atoms. The van der Waals surface area contributed by atoms with Gasteiger partial charge < -0.3 is 0 Å². The topological polar surface area (TPSA) is 64.5 Å². The van der Waals surface area contributed by atoms with Crippen LogP contribution in [0.5, 0.6) is 0 Å². The molecule has 5 nitrogen and oxygen atoms in total. The standard InChI is InChI=1S/C49H29N5/c1-3-15-30(16-4-1)47-52-48(31-17-5-2-6-18-31)54-49(53-47)44-36-23-11-9-21-34(36)43(35-22-10-12-24-37(35)44)46-39-27-28-41-45(33-20-8-7-19-32(33)29-50-41)42(39)38-25-13-14-26-40(38)51-46/h1-29H. The second kappa shape index (κ2) is 12.1. The zero-order valence-electron chi connectivity index (χ0n) is 29.0. The fourth-order valence-electron chi connectivity index (χ4n) is 8.12. The summed E-state index contributed by atoms with van der Waals surface area (Å²) in [5.74, 6) is 1.89. The lowest BCUT2D eigenvalue weighted by atomic mass is 9.87. The van der Waals surface area contributed by atoms with E-state index in [0.717, 1.165) is 87.5 Å². The van der Waals surface area contributed by atoms with Crippen molar-refractivity contribution in [1.82, 2.24) is 24.9 Å². The molecule has 11 rings (SSSR count). The monoisotopic (exact) mass is 687 g/mol. The van der Waals surface area contributed by atoms with Gasteiger partial charge >= 0.3 is 0 Å². The van der Waals surface area contributed by atoms with Gasteiger partial charge in [-0.3, -0.25) is 4.98 Å². The van der Waals surface area contributed by atoms with Crippen molar-refractivity contribution in [3.63, 3.8) is 0 Å². The summed E-state index contributed by atoms with van der Waals surface area (Å²) >= 11 is 0. The first-order valence-electron chi connectivity index (χ1n) is 18.1. The van der Waals surface area contributed by atoms with Crippen LogP contribution in [0.15, 0.2) is 176 Å². The Hall–Kier alpha value is -7.37. The van der Waals surface area contributed by atoms with Gasteiger partial charge in [0.1, 0.15) is 0 Å². The van der Waals surface area contributed by atoms with E-state index in [1.54, 1.807) is 0 Å². The molecule has 0 fully saturated rings. The van der Waals surface area contributed by atoms with Crippen molar-refractivity contribution in [2.45, 2.75) is 0 Å². The number of rotatable bonds is 4. The molecular formula is C49H29N5. The van der Waals surface area contributed by atoms with Crippen LogP contribution in [0, 0.1) is 0 Å². The number of hydrogen-bond donors (Lipinski definition) is 0. The summed E-state index contributed by atoms with van der Waals surface area (Å²) in [6.45, 7) is 0. The average molecular weight is 688 g/mol. The number of benzene rings is 8. The number of aromatic nitrogens is 5. The zero-order valence-corrected chi connectivity index (χ0v) is 29.0. The summed E-state index contributed by atoms with van der Waals surface area (Å²) in [5, 5.41) is 11.0. The summed E-state index contributed by atoms with van der Waals surface area (Å²) in [5.41, 5.74) is 6.75. The fraction of sp³-hybridized carbons (Fsp3) is 0. The lowest BCUT2D eigenvalue weighted by Gasteiger charge is -2.19. The molecule has 54 heavy (non-hydrogen) atoms. The number of pyridine rings is 2. The van der Waals surface area contributed by atoms with Gasteiger partial charge in [0.05, 0.1) is 16.7 Å². The van der Waals surface area contributed by atoms with E-state index >= 15 is 0 Å². The average Bonchev–Trinajstić information content (AvgIpc) is 3.25. The predicted octanol–water partition coefficient (Wildman–Crippen LogP) is 12.2. The minimum atomic E-state index is 0.626. The third kappa shape index (κ3) is 4.69. The molecule has 3 heterocycles. The first kappa shape index (κ1) is 30.3. The Kier molecular flexibility index (Phi) is 6.79. The number of para-hydroxylation sites is 1.